The normalized spacial score (nSPS) is 11.0. The summed E-state index contributed by atoms with van der Waals surface area (Å²) >= 11 is 5.94. The van der Waals surface area contributed by atoms with Crippen LogP contribution < -0.4 is 9.46 Å². The Bertz CT molecular complexity index is 834. The lowest BCUT2D eigenvalue weighted by Gasteiger charge is -2.11. The van der Waals surface area contributed by atoms with Gasteiger partial charge in [0, 0.05) is 5.69 Å². The lowest BCUT2D eigenvalue weighted by Crippen LogP contribution is -2.14. The second-order valence-electron chi connectivity index (χ2n) is 4.70. The van der Waals surface area contributed by atoms with Crippen LogP contribution in [0, 0.1) is 0 Å². The van der Waals surface area contributed by atoms with Crippen molar-refractivity contribution < 1.29 is 22.7 Å². The predicted octanol–water partition coefficient (Wildman–Crippen LogP) is 3.33. The minimum absolute atomic E-state index is 0.00359. The van der Waals surface area contributed by atoms with E-state index in [2.05, 4.69) is 4.72 Å². The molecule has 2 aromatic rings. The summed E-state index contributed by atoms with van der Waals surface area (Å²) in [5, 5.41) is 0.122. The van der Waals surface area contributed by atoms with Gasteiger partial charge in [0.25, 0.3) is 10.0 Å². The van der Waals surface area contributed by atoms with Crippen LogP contribution in [0.3, 0.4) is 0 Å². The van der Waals surface area contributed by atoms with Gasteiger partial charge in [-0.15, -0.1) is 0 Å². The molecule has 0 unspecified atom stereocenters. The van der Waals surface area contributed by atoms with E-state index in [1.807, 2.05) is 0 Å². The van der Waals surface area contributed by atoms with Crippen molar-refractivity contribution in [3.05, 3.63) is 53.1 Å². The molecule has 0 saturated carbocycles. The Morgan fingerprint density at radius 1 is 1.17 bits per heavy atom. The molecule has 6 nitrogen and oxygen atoms in total. The average Bonchev–Trinajstić information content (AvgIpc) is 2.55. The monoisotopic (exact) mass is 369 g/mol. The summed E-state index contributed by atoms with van der Waals surface area (Å²) in [5.74, 6) is -0.0713. The van der Waals surface area contributed by atoms with Crippen LogP contribution in [-0.2, 0) is 14.8 Å². The fourth-order valence-corrected chi connectivity index (χ4v) is 3.19. The molecule has 128 valence electrons. The maximum atomic E-state index is 12.5. The Balaban J connectivity index is 2.31. The van der Waals surface area contributed by atoms with Gasteiger partial charge >= 0.3 is 5.97 Å². The van der Waals surface area contributed by atoms with E-state index < -0.39 is 16.0 Å². The summed E-state index contributed by atoms with van der Waals surface area (Å²) in [4.78, 5) is 11.7. The van der Waals surface area contributed by atoms with Crippen molar-refractivity contribution in [3.63, 3.8) is 0 Å². The minimum Gasteiger partial charge on any atom is -0.497 e. The number of rotatable bonds is 6. The van der Waals surface area contributed by atoms with E-state index in [9.17, 15) is 13.2 Å². The predicted molar refractivity (Wildman–Crippen MR) is 91.2 cm³/mol. The molecule has 24 heavy (non-hydrogen) atoms. The van der Waals surface area contributed by atoms with Crippen molar-refractivity contribution in [1.82, 2.24) is 0 Å². The van der Waals surface area contributed by atoms with Crippen LogP contribution in [0.25, 0.3) is 0 Å². The Morgan fingerprint density at radius 3 is 2.42 bits per heavy atom. The first-order valence-corrected chi connectivity index (χ1v) is 8.87. The number of carbonyl (C=O) groups excluding carboxylic acids is 1. The molecule has 0 heterocycles. The zero-order valence-electron chi connectivity index (χ0n) is 13.1. The molecule has 0 aliphatic carbocycles. The largest absolute Gasteiger partial charge is 0.497 e. The molecular weight excluding hydrogens is 354 g/mol. The van der Waals surface area contributed by atoms with E-state index in [4.69, 9.17) is 21.1 Å². The number of ether oxygens (including phenoxy) is 2. The highest BCUT2D eigenvalue weighted by molar-refractivity contribution is 7.92. The second-order valence-corrected chi connectivity index (χ2v) is 6.79. The fourth-order valence-electron chi connectivity index (χ4n) is 1.91. The van der Waals surface area contributed by atoms with Crippen LogP contribution in [0.4, 0.5) is 5.69 Å². The first-order valence-electron chi connectivity index (χ1n) is 7.01. The summed E-state index contributed by atoms with van der Waals surface area (Å²) in [6.07, 6.45) is 0. The number of esters is 1. The number of sulfonamides is 1. The molecule has 0 spiro atoms. The van der Waals surface area contributed by atoms with Gasteiger partial charge in [0.2, 0.25) is 0 Å². The summed E-state index contributed by atoms with van der Waals surface area (Å²) in [6.45, 7) is 1.81. The van der Waals surface area contributed by atoms with Crippen LogP contribution in [-0.4, -0.2) is 28.1 Å². The third-order valence-corrected chi connectivity index (χ3v) is 4.79. The van der Waals surface area contributed by atoms with E-state index in [0.29, 0.717) is 11.4 Å². The van der Waals surface area contributed by atoms with Crippen molar-refractivity contribution >= 4 is 33.3 Å². The molecule has 0 amide bonds. The maximum absolute atomic E-state index is 12.5. The third kappa shape index (κ3) is 4.18. The number of hydrogen-bond donors (Lipinski definition) is 1. The summed E-state index contributed by atoms with van der Waals surface area (Å²) < 4.78 is 37.2. The molecule has 8 heteroatoms. The molecule has 0 bridgehead atoms. The summed E-state index contributed by atoms with van der Waals surface area (Å²) in [6, 6.07) is 10.2. The summed E-state index contributed by atoms with van der Waals surface area (Å²) in [7, 11) is -2.36. The Hall–Kier alpha value is -2.25. The highest BCUT2D eigenvalue weighted by atomic mass is 35.5. The lowest BCUT2D eigenvalue weighted by molar-refractivity contribution is 0.0526. The average molecular weight is 370 g/mol. The van der Waals surface area contributed by atoms with Crippen molar-refractivity contribution in [2.75, 3.05) is 18.4 Å². The van der Waals surface area contributed by atoms with Gasteiger partial charge < -0.3 is 9.47 Å². The van der Waals surface area contributed by atoms with Crippen LogP contribution in [0.5, 0.6) is 5.75 Å². The number of carbonyl (C=O) groups is 1. The molecule has 0 aliphatic heterocycles. The first kappa shape index (κ1) is 18.1. The van der Waals surface area contributed by atoms with Gasteiger partial charge in [-0.1, -0.05) is 11.6 Å². The quantitative estimate of drug-likeness (QED) is 0.790. The highest BCUT2D eigenvalue weighted by Crippen LogP contribution is 2.24. The zero-order chi connectivity index (χ0) is 17.7. The van der Waals surface area contributed by atoms with Gasteiger partial charge in [-0.3, -0.25) is 4.72 Å². The van der Waals surface area contributed by atoms with Crippen molar-refractivity contribution in [2.24, 2.45) is 0 Å². The van der Waals surface area contributed by atoms with Crippen LogP contribution in [0.15, 0.2) is 47.4 Å². The van der Waals surface area contributed by atoms with Gasteiger partial charge in [-0.25, -0.2) is 13.2 Å². The third-order valence-electron chi connectivity index (χ3n) is 3.09. The molecule has 0 radical (unpaired) electrons. The van der Waals surface area contributed by atoms with Crippen molar-refractivity contribution in [3.8, 4) is 5.75 Å². The van der Waals surface area contributed by atoms with Crippen LogP contribution in [0.1, 0.15) is 17.3 Å². The van der Waals surface area contributed by atoms with E-state index in [1.54, 1.807) is 31.2 Å². The molecule has 0 aromatic heterocycles. The molecule has 0 atom stereocenters. The second kappa shape index (κ2) is 7.55. The Morgan fingerprint density at radius 2 is 1.83 bits per heavy atom. The fraction of sp³-hybridized carbons (Fsp3) is 0.188. The van der Waals surface area contributed by atoms with E-state index in [-0.39, 0.29) is 22.1 Å². The van der Waals surface area contributed by atoms with E-state index >= 15 is 0 Å². The maximum Gasteiger partial charge on any atom is 0.339 e. The lowest BCUT2D eigenvalue weighted by atomic mass is 10.2. The first-order chi connectivity index (χ1) is 11.4. The molecule has 0 aliphatic rings. The number of nitrogens with one attached hydrogen (secondary N) is 1. The molecule has 1 N–H and O–H groups in total. The molecule has 2 rings (SSSR count). The van der Waals surface area contributed by atoms with Gasteiger partial charge in [0.1, 0.15) is 5.75 Å². The molecular formula is C16H16ClNO5S. The van der Waals surface area contributed by atoms with Gasteiger partial charge in [-0.05, 0) is 49.4 Å². The number of halogens is 1. The number of methoxy groups -OCH3 is 1. The zero-order valence-corrected chi connectivity index (χ0v) is 14.6. The van der Waals surface area contributed by atoms with E-state index in [1.165, 1.54) is 25.3 Å². The topological polar surface area (TPSA) is 81.7 Å². The van der Waals surface area contributed by atoms with E-state index in [0.717, 1.165) is 0 Å². The van der Waals surface area contributed by atoms with Crippen LogP contribution in [0.2, 0.25) is 5.02 Å². The number of hydrogen-bond acceptors (Lipinski definition) is 5. The SMILES string of the molecule is CCOC(=O)c1cc(S(=O)(=O)Nc2ccc(OC)cc2)ccc1Cl. The molecule has 0 saturated heterocycles. The number of anilines is 1. The van der Waals surface area contributed by atoms with Crippen molar-refractivity contribution in [1.29, 1.82) is 0 Å². The Labute approximate surface area is 145 Å². The van der Waals surface area contributed by atoms with Gasteiger partial charge in [-0.2, -0.15) is 0 Å². The molecule has 2 aromatic carbocycles. The van der Waals surface area contributed by atoms with Gasteiger partial charge in [0.15, 0.2) is 0 Å². The van der Waals surface area contributed by atoms with Gasteiger partial charge in [0.05, 0.1) is 29.2 Å². The highest BCUT2D eigenvalue weighted by Gasteiger charge is 2.19. The van der Waals surface area contributed by atoms with Crippen molar-refractivity contribution in [2.45, 2.75) is 11.8 Å². The molecule has 0 fully saturated rings. The smallest absolute Gasteiger partial charge is 0.339 e. The Kier molecular flexibility index (Phi) is 5.69. The van der Waals surface area contributed by atoms with Crippen LogP contribution >= 0.6 is 11.6 Å². The number of benzene rings is 2. The minimum atomic E-state index is -3.88. The summed E-state index contributed by atoms with van der Waals surface area (Å²) in [5.41, 5.74) is 0.361. The standard InChI is InChI=1S/C16H16ClNO5S/c1-3-23-16(19)14-10-13(8-9-15(14)17)24(20,21)18-11-4-6-12(22-2)7-5-11/h4-10,18H,3H2,1-2H3.